The van der Waals surface area contributed by atoms with Crippen LogP contribution >= 0.6 is 0 Å². The summed E-state index contributed by atoms with van der Waals surface area (Å²) < 4.78 is 1.75. The van der Waals surface area contributed by atoms with Crippen LogP contribution in [0.4, 0.5) is 5.82 Å². The van der Waals surface area contributed by atoms with Crippen LogP contribution in [0.15, 0.2) is 30.3 Å². The molecule has 1 aliphatic rings. The second-order valence-electron chi connectivity index (χ2n) is 3.99. The summed E-state index contributed by atoms with van der Waals surface area (Å²) in [7, 11) is 0. The van der Waals surface area contributed by atoms with Gasteiger partial charge in [-0.2, -0.15) is 0 Å². The lowest BCUT2D eigenvalue weighted by Crippen LogP contribution is -2.19. The first-order valence-electron chi connectivity index (χ1n) is 5.63. The molecule has 1 aromatic carbocycles. The molecule has 0 radical (unpaired) electrons. The zero-order valence-corrected chi connectivity index (χ0v) is 9.26. The predicted octanol–water partition coefficient (Wildman–Crippen LogP) is 1.32. The lowest BCUT2D eigenvalue weighted by Gasteiger charge is -2.14. The maximum absolute atomic E-state index is 12.2. The molecule has 0 saturated carbocycles. The summed E-state index contributed by atoms with van der Waals surface area (Å²) >= 11 is 0. The lowest BCUT2D eigenvalue weighted by atomic mass is 10.1. The van der Waals surface area contributed by atoms with Crippen molar-refractivity contribution in [3.8, 4) is 0 Å². The molecular weight excluding hydrogens is 216 g/mol. The Morgan fingerprint density at radius 2 is 2.12 bits per heavy atom. The topological polar surface area (TPSA) is 59.8 Å². The van der Waals surface area contributed by atoms with E-state index in [2.05, 4.69) is 15.6 Å². The van der Waals surface area contributed by atoms with E-state index in [0.717, 1.165) is 25.3 Å². The van der Waals surface area contributed by atoms with Gasteiger partial charge in [-0.1, -0.05) is 35.5 Å². The molecule has 0 fully saturated rings. The number of nitrogens with zero attached hydrogens (tertiary/aromatic N) is 3. The Balaban J connectivity index is 2.00. The third kappa shape index (κ3) is 1.69. The molecule has 0 spiro atoms. The van der Waals surface area contributed by atoms with Gasteiger partial charge in [-0.05, 0) is 6.42 Å². The third-order valence-electron chi connectivity index (χ3n) is 2.83. The first-order chi connectivity index (χ1) is 8.36. The molecule has 1 aliphatic heterocycles. The number of carbonyl (C=O) groups excluding carboxylic acids is 1. The van der Waals surface area contributed by atoms with Crippen LogP contribution < -0.4 is 5.32 Å². The number of rotatable bonds is 2. The van der Waals surface area contributed by atoms with Gasteiger partial charge in [0, 0.05) is 18.7 Å². The van der Waals surface area contributed by atoms with E-state index in [1.807, 2.05) is 18.2 Å². The number of nitrogens with one attached hydrogen (secondary N) is 1. The molecular formula is C12H12N4O. The maximum atomic E-state index is 12.2. The van der Waals surface area contributed by atoms with Gasteiger partial charge < -0.3 is 5.32 Å². The molecule has 86 valence electrons. The summed E-state index contributed by atoms with van der Waals surface area (Å²) in [4.78, 5) is 12.2. The van der Waals surface area contributed by atoms with Crippen LogP contribution in [-0.4, -0.2) is 27.3 Å². The van der Waals surface area contributed by atoms with Gasteiger partial charge in [0.1, 0.15) is 0 Å². The van der Waals surface area contributed by atoms with Crippen molar-refractivity contribution in [3.05, 3.63) is 41.6 Å². The fourth-order valence-corrected chi connectivity index (χ4v) is 1.96. The van der Waals surface area contributed by atoms with Gasteiger partial charge in [0.05, 0.1) is 0 Å². The first-order valence-corrected chi connectivity index (χ1v) is 5.63. The molecule has 0 unspecified atom stereocenters. The summed E-state index contributed by atoms with van der Waals surface area (Å²) in [5.41, 5.74) is 1.05. The van der Waals surface area contributed by atoms with E-state index in [-0.39, 0.29) is 5.78 Å². The molecule has 2 heterocycles. The summed E-state index contributed by atoms with van der Waals surface area (Å²) in [6.45, 7) is 1.68. The summed E-state index contributed by atoms with van der Waals surface area (Å²) in [5.74, 6) is 0.659. The van der Waals surface area contributed by atoms with Crippen LogP contribution in [0.3, 0.4) is 0 Å². The van der Waals surface area contributed by atoms with Crippen molar-refractivity contribution >= 4 is 11.6 Å². The van der Waals surface area contributed by atoms with Gasteiger partial charge >= 0.3 is 0 Å². The monoisotopic (exact) mass is 228 g/mol. The minimum absolute atomic E-state index is 0.0822. The summed E-state index contributed by atoms with van der Waals surface area (Å²) in [5, 5.41) is 11.1. The zero-order valence-electron chi connectivity index (χ0n) is 9.26. The second-order valence-corrected chi connectivity index (χ2v) is 3.99. The lowest BCUT2D eigenvalue weighted by molar-refractivity contribution is 0.103. The van der Waals surface area contributed by atoms with Crippen molar-refractivity contribution in [2.24, 2.45) is 0 Å². The quantitative estimate of drug-likeness (QED) is 0.788. The van der Waals surface area contributed by atoms with Crippen LogP contribution in [0, 0.1) is 0 Å². The largest absolute Gasteiger partial charge is 0.368 e. The van der Waals surface area contributed by atoms with Gasteiger partial charge in [0.25, 0.3) is 0 Å². The number of anilines is 1. The molecule has 5 nitrogen and oxygen atoms in total. The van der Waals surface area contributed by atoms with Gasteiger partial charge in [-0.15, -0.1) is 5.10 Å². The molecule has 0 aliphatic carbocycles. The molecule has 2 aromatic rings. The minimum atomic E-state index is -0.0822. The highest BCUT2D eigenvalue weighted by Gasteiger charge is 2.22. The zero-order chi connectivity index (χ0) is 11.7. The van der Waals surface area contributed by atoms with Crippen molar-refractivity contribution in [3.63, 3.8) is 0 Å². The molecule has 5 heteroatoms. The first kappa shape index (κ1) is 10.0. The van der Waals surface area contributed by atoms with Crippen LogP contribution in [0.25, 0.3) is 0 Å². The van der Waals surface area contributed by atoms with Gasteiger partial charge in [0.15, 0.2) is 11.5 Å². The van der Waals surface area contributed by atoms with Crippen LogP contribution in [0.5, 0.6) is 0 Å². The molecule has 1 aromatic heterocycles. The average molecular weight is 228 g/mol. The Morgan fingerprint density at radius 1 is 1.29 bits per heavy atom. The highest BCUT2D eigenvalue weighted by molar-refractivity contribution is 6.10. The number of hydrogen-bond acceptors (Lipinski definition) is 4. The highest BCUT2D eigenvalue weighted by atomic mass is 16.1. The molecule has 0 atom stereocenters. The molecule has 0 amide bonds. The Bertz CT molecular complexity index is 547. The molecule has 3 rings (SSSR count). The second kappa shape index (κ2) is 4.01. The predicted molar refractivity (Wildman–Crippen MR) is 63.0 cm³/mol. The number of aryl methyl sites for hydroxylation is 1. The fourth-order valence-electron chi connectivity index (χ4n) is 1.96. The average Bonchev–Trinajstić information content (AvgIpc) is 2.83. The Hall–Kier alpha value is -2.17. The van der Waals surface area contributed by atoms with E-state index in [9.17, 15) is 4.79 Å². The van der Waals surface area contributed by atoms with Crippen LogP contribution in [0.2, 0.25) is 0 Å². The van der Waals surface area contributed by atoms with Crippen molar-refractivity contribution in [1.82, 2.24) is 15.0 Å². The summed E-state index contributed by atoms with van der Waals surface area (Å²) in [6, 6.07) is 9.15. The van der Waals surface area contributed by atoms with E-state index in [0.29, 0.717) is 11.3 Å². The fraction of sp³-hybridized carbons (Fsp3) is 0.250. The minimum Gasteiger partial charge on any atom is -0.368 e. The van der Waals surface area contributed by atoms with Crippen LogP contribution in [-0.2, 0) is 6.54 Å². The Labute approximate surface area is 98.4 Å². The van der Waals surface area contributed by atoms with Gasteiger partial charge in [-0.25, -0.2) is 4.68 Å². The van der Waals surface area contributed by atoms with E-state index < -0.39 is 0 Å². The van der Waals surface area contributed by atoms with Gasteiger partial charge in [-0.3, -0.25) is 4.79 Å². The molecule has 1 N–H and O–H groups in total. The number of fused-ring (bicyclic) bond motifs is 1. The Kier molecular flexibility index (Phi) is 2.36. The maximum Gasteiger partial charge on any atom is 0.217 e. The SMILES string of the molecule is O=C(c1ccccc1)c1nnn2c1NCCC2. The van der Waals surface area contributed by atoms with E-state index >= 15 is 0 Å². The van der Waals surface area contributed by atoms with E-state index in [1.54, 1.807) is 16.8 Å². The number of carbonyl (C=O) groups is 1. The number of ketones is 1. The normalized spacial score (nSPS) is 13.9. The molecule has 0 bridgehead atoms. The summed E-state index contributed by atoms with van der Waals surface area (Å²) in [6.07, 6.45) is 1.01. The van der Waals surface area contributed by atoms with Gasteiger partial charge in [0.2, 0.25) is 5.78 Å². The van der Waals surface area contributed by atoms with Crippen molar-refractivity contribution in [1.29, 1.82) is 0 Å². The number of benzene rings is 1. The number of aromatic nitrogens is 3. The molecule has 0 saturated heterocycles. The number of hydrogen-bond donors (Lipinski definition) is 1. The van der Waals surface area contributed by atoms with Crippen molar-refractivity contribution in [2.45, 2.75) is 13.0 Å². The van der Waals surface area contributed by atoms with E-state index in [1.165, 1.54) is 0 Å². The van der Waals surface area contributed by atoms with Crippen LogP contribution in [0.1, 0.15) is 22.5 Å². The van der Waals surface area contributed by atoms with Crippen molar-refractivity contribution in [2.75, 3.05) is 11.9 Å². The highest BCUT2D eigenvalue weighted by Crippen LogP contribution is 2.19. The standard InChI is InChI=1S/C12H12N4O/c17-11(9-5-2-1-3-6-9)10-12-13-7-4-8-16(12)15-14-10/h1-3,5-6,13H,4,7-8H2. The van der Waals surface area contributed by atoms with Crippen molar-refractivity contribution < 1.29 is 4.79 Å². The Morgan fingerprint density at radius 3 is 2.94 bits per heavy atom. The third-order valence-corrected chi connectivity index (χ3v) is 2.83. The molecule has 17 heavy (non-hydrogen) atoms. The van der Waals surface area contributed by atoms with E-state index in [4.69, 9.17) is 0 Å². The smallest absolute Gasteiger partial charge is 0.217 e.